The van der Waals surface area contributed by atoms with Crippen LogP contribution >= 0.6 is 35.7 Å². The summed E-state index contributed by atoms with van der Waals surface area (Å²) < 4.78 is 0. The van der Waals surface area contributed by atoms with Crippen LogP contribution in [-0.4, -0.2) is 30.6 Å². The maximum Gasteiger partial charge on any atom is 0.188 e. The van der Waals surface area contributed by atoms with E-state index in [1.54, 1.807) is 0 Å². The average molecular weight is 369 g/mol. The van der Waals surface area contributed by atoms with Crippen molar-refractivity contribution >= 4 is 41.7 Å². The summed E-state index contributed by atoms with van der Waals surface area (Å²) in [5, 5.41) is 3.25. The Kier molecular flexibility index (Phi) is 7.66. The van der Waals surface area contributed by atoms with Crippen molar-refractivity contribution < 1.29 is 0 Å². The van der Waals surface area contributed by atoms with Gasteiger partial charge in [0.25, 0.3) is 0 Å². The quantitative estimate of drug-likeness (QED) is 0.455. The van der Waals surface area contributed by atoms with Crippen molar-refractivity contribution in [1.82, 2.24) is 5.32 Å². The van der Waals surface area contributed by atoms with Crippen molar-refractivity contribution in [1.29, 1.82) is 0 Å². The normalized spacial score (nSPS) is 25.9. The van der Waals surface area contributed by atoms with Crippen LogP contribution in [-0.2, 0) is 0 Å². The number of thioether (sulfide) groups is 1. The lowest BCUT2D eigenvalue weighted by atomic mass is 9.85. The topological polar surface area (TPSA) is 50.4 Å². The van der Waals surface area contributed by atoms with Crippen LogP contribution in [0.1, 0.15) is 32.1 Å². The largest absolute Gasteiger partial charge is 0.370 e. The molecule has 1 saturated heterocycles. The molecule has 2 fully saturated rings. The Morgan fingerprint density at radius 3 is 2.59 bits per heavy atom. The first-order chi connectivity index (χ1) is 7.84. The van der Waals surface area contributed by atoms with E-state index in [9.17, 15) is 0 Å². The Hall–Kier alpha value is 0.350. The molecule has 0 amide bonds. The molecule has 0 aromatic heterocycles. The molecule has 2 aliphatic rings. The zero-order valence-electron chi connectivity index (χ0n) is 10.4. The van der Waals surface area contributed by atoms with E-state index in [4.69, 9.17) is 5.73 Å². The fraction of sp³-hybridized carbons (Fsp3) is 0.917. The monoisotopic (exact) mass is 369 g/mol. The highest BCUT2D eigenvalue weighted by Crippen LogP contribution is 2.25. The molecular weight excluding hydrogens is 345 g/mol. The van der Waals surface area contributed by atoms with E-state index in [1.165, 1.54) is 43.6 Å². The highest BCUT2D eigenvalue weighted by molar-refractivity contribution is 14.0. The van der Waals surface area contributed by atoms with E-state index in [2.05, 4.69) is 22.1 Å². The van der Waals surface area contributed by atoms with Crippen molar-refractivity contribution in [3.63, 3.8) is 0 Å². The number of halogens is 1. The fourth-order valence-electron chi connectivity index (χ4n) is 2.18. The van der Waals surface area contributed by atoms with Gasteiger partial charge in [0.2, 0.25) is 0 Å². The Labute approximate surface area is 126 Å². The molecule has 0 spiro atoms. The van der Waals surface area contributed by atoms with Crippen LogP contribution in [0.25, 0.3) is 0 Å². The fourth-order valence-corrected chi connectivity index (χ4v) is 3.32. The summed E-state index contributed by atoms with van der Waals surface area (Å²) in [4.78, 5) is 4.45. The molecule has 1 heterocycles. The summed E-state index contributed by atoms with van der Waals surface area (Å²) in [5.74, 6) is 4.85. The van der Waals surface area contributed by atoms with Gasteiger partial charge in [-0.3, -0.25) is 4.99 Å². The second-order valence-corrected chi connectivity index (χ2v) is 6.14. The van der Waals surface area contributed by atoms with Crippen molar-refractivity contribution in [3.8, 4) is 0 Å². The van der Waals surface area contributed by atoms with Crippen LogP contribution in [0.5, 0.6) is 0 Å². The number of rotatable bonds is 4. The van der Waals surface area contributed by atoms with E-state index < -0.39 is 0 Å². The molecule has 5 heteroatoms. The minimum Gasteiger partial charge on any atom is -0.370 e. The summed E-state index contributed by atoms with van der Waals surface area (Å²) in [6, 6.07) is 0. The minimum absolute atomic E-state index is 0. The van der Waals surface area contributed by atoms with E-state index in [0.29, 0.717) is 5.96 Å². The summed E-state index contributed by atoms with van der Waals surface area (Å²) >= 11 is 2.06. The Bertz CT molecular complexity index is 238. The molecule has 1 unspecified atom stereocenters. The third-order valence-corrected chi connectivity index (χ3v) is 4.86. The summed E-state index contributed by atoms with van der Waals surface area (Å²) in [5.41, 5.74) is 5.85. The zero-order chi connectivity index (χ0) is 11.2. The van der Waals surface area contributed by atoms with Gasteiger partial charge in [0.05, 0.1) is 0 Å². The van der Waals surface area contributed by atoms with Crippen LogP contribution in [0.15, 0.2) is 4.99 Å². The molecular formula is C12H24IN3S. The minimum atomic E-state index is 0. The lowest BCUT2D eigenvalue weighted by Gasteiger charge is -2.25. The van der Waals surface area contributed by atoms with Gasteiger partial charge in [0.15, 0.2) is 5.96 Å². The zero-order valence-corrected chi connectivity index (χ0v) is 13.5. The molecule has 0 aromatic rings. The lowest BCUT2D eigenvalue weighted by molar-refractivity contribution is 0.315. The van der Waals surface area contributed by atoms with Crippen LogP contribution in [0.4, 0.5) is 0 Å². The van der Waals surface area contributed by atoms with Crippen LogP contribution in [0.3, 0.4) is 0 Å². The van der Waals surface area contributed by atoms with Gasteiger partial charge < -0.3 is 11.1 Å². The van der Waals surface area contributed by atoms with Gasteiger partial charge in [-0.15, -0.1) is 24.0 Å². The van der Waals surface area contributed by atoms with Gasteiger partial charge in [0.1, 0.15) is 0 Å². The third kappa shape index (κ3) is 5.68. The molecule has 1 atom stereocenters. The van der Waals surface area contributed by atoms with E-state index >= 15 is 0 Å². The van der Waals surface area contributed by atoms with E-state index in [1.807, 2.05) is 0 Å². The average Bonchev–Trinajstić information content (AvgIpc) is 2.26. The highest BCUT2D eigenvalue weighted by Gasteiger charge is 2.17. The molecule has 1 aliphatic carbocycles. The third-order valence-electron chi connectivity index (χ3n) is 3.57. The number of hydrogen-bond acceptors (Lipinski definition) is 2. The predicted octanol–water partition coefficient (Wildman–Crippen LogP) is 2.45. The van der Waals surface area contributed by atoms with Gasteiger partial charge in [-0.05, 0) is 49.0 Å². The first-order valence-electron chi connectivity index (χ1n) is 6.46. The number of hydrogen-bond donors (Lipinski definition) is 2. The van der Waals surface area contributed by atoms with Crippen molar-refractivity contribution in [2.45, 2.75) is 32.1 Å². The highest BCUT2D eigenvalue weighted by atomic mass is 127. The molecule has 0 aromatic carbocycles. The van der Waals surface area contributed by atoms with Crippen molar-refractivity contribution in [2.24, 2.45) is 22.6 Å². The smallest absolute Gasteiger partial charge is 0.188 e. The van der Waals surface area contributed by atoms with Crippen molar-refractivity contribution in [3.05, 3.63) is 0 Å². The number of nitrogens with one attached hydrogen (secondary N) is 1. The second kappa shape index (κ2) is 8.45. The number of guanidine groups is 1. The molecule has 1 aliphatic heterocycles. The predicted molar refractivity (Wildman–Crippen MR) is 87.3 cm³/mol. The maximum atomic E-state index is 5.85. The SMILES string of the molecule is I.NC(=NCC1CCCSC1)NCC1CCC1. The van der Waals surface area contributed by atoms with Gasteiger partial charge in [-0.2, -0.15) is 11.8 Å². The van der Waals surface area contributed by atoms with Crippen LogP contribution in [0, 0.1) is 11.8 Å². The molecule has 0 radical (unpaired) electrons. The molecule has 2 rings (SSSR count). The first kappa shape index (κ1) is 15.4. The lowest BCUT2D eigenvalue weighted by Crippen LogP contribution is -2.37. The second-order valence-electron chi connectivity index (χ2n) is 4.99. The Morgan fingerprint density at radius 1 is 1.24 bits per heavy atom. The van der Waals surface area contributed by atoms with Crippen molar-refractivity contribution in [2.75, 3.05) is 24.6 Å². The molecule has 3 nitrogen and oxygen atoms in total. The summed E-state index contributed by atoms with van der Waals surface area (Å²) in [6.07, 6.45) is 6.79. The number of aliphatic imine (C=N–C) groups is 1. The van der Waals surface area contributed by atoms with Crippen LogP contribution < -0.4 is 11.1 Å². The van der Waals surface area contributed by atoms with E-state index in [-0.39, 0.29) is 24.0 Å². The van der Waals surface area contributed by atoms with E-state index in [0.717, 1.165) is 24.9 Å². The van der Waals surface area contributed by atoms with Gasteiger partial charge >= 0.3 is 0 Å². The molecule has 1 saturated carbocycles. The standard InChI is InChI=1S/C12H23N3S.HI/c13-12(14-7-10-3-1-4-10)15-8-11-5-2-6-16-9-11;/h10-11H,1-9H2,(H3,13,14,15);1H. The number of nitrogens with two attached hydrogens (primary N) is 1. The summed E-state index contributed by atoms with van der Waals surface area (Å²) in [7, 11) is 0. The molecule has 17 heavy (non-hydrogen) atoms. The Balaban J connectivity index is 0.00000144. The Morgan fingerprint density at radius 2 is 2.00 bits per heavy atom. The van der Waals surface area contributed by atoms with Gasteiger partial charge in [-0.1, -0.05) is 6.42 Å². The molecule has 3 N–H and O–H groups in total. The van der Waals surface area contributed by atoms with Gasteiger partial charge in [0, 0.05) is 13.1 Å². The van der Waals surface area contributed by atoms with Crippen LogP contribution in [0.2, 0.25) is 0 Å². The molecule has 0 bridgehead atoms. The number of nitrogens with zero attached hydrogens (tertiary/aromatic N) is 1. The summed E-state index contributed by atoms with van der Waals surface area (Å²) in [6.45, 7) is 1.94. The van der Waals surface area contributed by atoms with Gasteiger partial charge in [-0.25, -0.2) is 0 Å². The maximum absolute atomic E-state index is 5.85. The molecule has 100 valence electrons. The first-order valence-corrected chi connectivity index (χ1v) is 7.61.